The minimum Gasteiger partial charge on any atom is -0.476 e. The molecule has 0 unspecified atom stereocenters. The maximum Gasteiger partial charge on any atom is 0.357 e. The van der Waals surface area contributed by atoms with E-state index in [1.165, 1.54) is 12.1 Å². The van der Waals surface area contributed by atoms with E-state index in [-0.39, 0.29) is 22.6 Å². The molecule has 0 spiro atoms. The summed E-state index contributed by atoms with van der Waals surface area (Å²) in [6.07, 6.45) is 10.4. The van der Waals surface area contributed by atoms with Crippen LogP contribution in [0.1, 0.15) is 38.4 Å². The molecular formula is C25H20N4O4S. The van der Waals surface area contributed by atoms with Crippen molar-refractivity contribution in [1.29, 1.82) is 0 Å². The molecule has 1 aromatic carbocycles. The summed E-state index contributed by atoms with van der Waals surface area (Å²) in [6.45, 7) is 1.86. The van der Waals surface area contributed by atoms with Gasteiger partial charge in [0.15, 0.2) is 5.69 Å². The molecule has 9 heteroatoms. The Bertz CT molecular complexity index is 1470. The van der Waals surface area contributed by atoms with Crippen LogP contribution in [0.2, 0.25) is 0 Å². The van der Waals surface area contributed by atoms with Crippen molar-refractivity contribution < 1.29 is 18.3 Å². The van der Waals surface area contributed by atoms with Gasteiger partial charge in [-0.1, -0.05) is 29.8 Å². The summed E-state index contributed by atoms with van der Waals surface area (Å²) >= 11 is 0. The molecule has 5 rings (SSSR count). The highest BCUT2D eigenvalue weighted by atomic mass is 32.2. The van der Waals surface area contributed by atoms with Gasteiger partial charge in [-0.25, -0.2) is 4.79 Å². The fourth-order valence-electron chi connectivity index (χ4n) is 4.36. The summed E-state index contributed by atoms with van der Waals surface area (Å²) < 4.78 is 28.1. The predicted octanol–water partition coefficient (Wildman–Crippen LogP) is 3.47. The molecule has 1 N–H and O–H groups in total. The molecule has 3 heterocycles. The Morgan fingerprint density at radius 3 is 2.03 bits per heavy atom. The van der Waals surface area contributed by atoms with Gasteiger partial charge < -0.3 is 5.11 Å². The maximum atomic E-state index is 13.6. The standard InChI is InChI=1S/C25H20N4O4S/c1-17-2-4-20(5-3-17)34(32,33)29-22-16-25(18-7-12-26-13-8-18,19-9-14-27-15-10-19)11-6-21(22)23(28-29)24(30)31/h2-15H,16H2,1H3,(H,30,31). The lowest BCUT2D eigenvalue weighted by atomic mass is 9.69. The van der Waals surface area contributed by atoms with E-state index in [1.807, 2.05) is 37.3 Å². The van der Waals surface area contributed by atoms with Crippen LogP contribution >= 0.6 is 0 Å². The first kappa shape index (κ1) is 21.7. The minimum atomic E-state index is -4.14. The number of rotatable bonds is 5. The third-order valence-electron chi connectivity index (χ3n) is 6.11. The van der Waals surface area contributed by atoms with Crippen molar-refractivity contribution >= 4 is 22.1 Å². The summed E-state index contributed by atoms with van der Waals surface area (Å²) in [4.78, 5) is 20.2. The summed E-state index contributed by atoms with van der Waals surface area (Å²) in [5.74, 6) is -1.29. The zero-order chi connectivity index (χ0) is 23.9. The number of carboxylic acid groups (broad SMARTS) is 1. The van der Waals surface area contributed by atoms with Crippen LogP contribution in [0.15, 0.2) is 84.3 Å². The van der Waals surface area contributed by atoms with Crippen molar-refractivity contribution in [3.05, 3.63) is 113 Å². The van der Waals surface area contributed by atoms with Crippen LogP contribution in [0.5, 0.6) is 0 Å². The number of nitrogens with zero attached hydrogens (tertiary/aromatic N) is 4. The Labute approximate surface area is 196 Å². The molecule has 0 fully saturated rings. The number of carboxylic acids is 1. The number of carbonyl (C=O) groups is 1. The topological polar surface area (TPSA) is 115 Å². The van der Waals surface area contributed by atoms with Gasteiger partial charge in [0.25, 0.3) is 10.0 Å². The molecule has 0 amide bonds. The molecule has 170 valence electrons. The first-order valence-electron chi connectivity index (χ1n) is 10.5. The van der Waals surface area contributed by atoms with Gasteiger partial charge in [-0.2, -0.15) is 12.5 Å². The molecule has 0 atom stereocenters. The van der Waals surface area contributed by atoms with E-state index in [4.69, 9.17) is 0 Å². The largest absolute Gasteiger partial charge is 0.476 e. The summed E-state index contributed by atoms with van der Waals surface area (Å²) in [7, 11) is -4.14. The van der Waals surface area contributed by atoms with Gasteiger partial charge in [-0.15, -0.1) is 5.10 Å². The fraction of sp³-hybridized carbons (Fsp3) is 0.120. The van der Waals surface area contributed by atoms with E-state index in [0.29, 0.717) is 5.69 Å². The SMILES string of the molecule is Cc1ccc(S(=O)(=O)n2nc(C(=O)O)c3c2CC(c2ccncc2)(c2ccncc2)C=C3)cc1. The Morgan fingerprint density at radius 1 is 0.941 bits per heavy atom. The van der Waals surface area contributed by atoms with Gasteiger partial charge in [0.05, 0.1) is 10.6 Å². The third-order valence-corrected chi connectivity index (χ3v) is 7.73. The summed E-state index contributed by atoms with van der Waals surface area (Å²) in [6, 6.07) is 13.8. The molecule has 1 aliphatic rings. The number of allylic oxidation sites excluding steroid dienone is 1. The highest BCUT2D eigenvalue weighted by Crippen LogP contribution is 2.42. The van der Waals surface area contributed by atoms with Crippen molar-refractivity contribution in [1.82, 2.24) is 19.2 Å². The van der Waals surface area contributed by atoms with E-state index in [9.17, 15) is 18.3 Å². The molecule has 4 aromatic rings. The van der Waals surface area contributed by atoms with Gasteiger partial charge >= 0.3 is 5.97 Å². The monoisotopic (exact) mass is 472 g/mol. The number of hydrogen-bond donors (Lipinski definition) is 1. The second kappa shape index (κ2) is 8.03. The zero-order valence-electron chi connectivity index (χ0n) is 18.2. The van der Waals surface area contributed by atoms with Crippen LogP contribution in [-0.4, -0.2) is 38.6 Å². The molecule has 0 bridgehead atoms. The number of hydrogen-bond acceptors (Lipinski definition) is 6. The van der Waals surface area contributed by atoms with Gasteiger partial charge in [0.2, 0.25) is 0 Å². The second-order valence-corrected chi connectivity index (χ2v) is 9.90. The van der Waals surface area contributed by atoms with Gasteiger partial charge in [0.1, 0.15) is 0 Å². The second-order valence-electron chi connectivity index (χ2n) is 8.13. The van der Waals surface area contributed by atoms with Crippen LogP contribution in [0.25, 0.3) is 6.08 Å². The van der Waals surface area contributed by atoms with Gasteiger partial charge in [-0.3, -0.25) is 9.97 Å². The number of aryl methyl sites for hydroxylation is 1. The molecule has 34 heavy (non-hydrogen) atoms. The van der Waals surface area contributed by atoms with Crippen LogP contribution in [0.3, 0.4) is 0 Å². The molecule has 0 radical (unpaired) electrons. The summed E-state index contributed by atoms with van der Waals surface area (Å²) in [5.41, 5.74) is 2.18. The Balaban J connectivity index is 1.76. The van der Waals surface area contributed by atoms with E-state index in [1.54, 1.807) is 43.0 Å². The smallest absolute Gasteiger partial charge is 0.357 e. The van der Waals surface area contributed by atoms with Gasteiger partial charge in [0, 0.05) is 42.2 Å². The molecule has 0 saturated carbocycles. The molecule has 8 nitrogen and oxygen atoms in total. The van der Waals surface area contributed by atoms with Crippen LogP contribution in [0.4, 0.5) is 0 Å². The van der Waals surface area contributed by atoms with Crippen LogP contribution < -0.4 is 0 Å². The third kappa shape index (κ3) is 3.41. The number of benzene rings is 1. The summed E-state index contributed by atoms with van der Waals surface area (Å²) in [5, 5.41) is 13.8. The van der Waals surface area contributed by atoms with E-state index in [0.717, 1.165) is 20.8 Å². The van der Waals surface area contributed by atoms with Crippen LogP contribution in [0, 0.1) is 6.92 Å². The predicted molar refractivity (Wildman–Crippen MR) is 125 cm³/mol. The van der Waals surface area contributed by atoms with E-state index in [2.05, 4.69) is 15.1 Å². The lowest BCUT2D eigenvalue weighted by Gasteiger charge is -2.34. The normalized spacial score (nSPS) is 14.5. The Kier molecular flexibility index (Phi) is 5.13. The Morgan fingerprint density at radius 2 is 1.50 bits per heavy atom. The highest BCUT2D eigenvalue weighted by Gasteiger charge is 2.40. The lowest BCUT2D eigenvalue weighted by Crippen LogP contribution is -2.32. The molecular weight excluding hydrogens is 452 g/mol. The quantitative estimate of drug-likeness (QED) is 0.473. The number of fused-ring (bicyclic) bond motifs is 1. The average molecular weight is 473 g/mol. The van der Waals surface area contributed by atoms with Crippen molar-refractivity contribution in [2.24, 2.45) is 0 Å². The number of aromatic nitrogens is 4. The number of aromatic carboxylic acids is 1. The maximum absolute atomic E-state index is 13.6. The fourth-order valence-corrected chi connectivity index (χ4v) is 5.68. The lowest BCUT2D eigenvalue weighted by molar-refractivity contribution is 0.0690. The van der Waals surface area contributed by atoms with Crippen molar-refractivity contribution in [2.75, 3.05) is 0 Å². The molecule has 0 aliphatic heterocycles. The van der Waals surface area contributed by atoms with Crippen molar-refractivity contribution in [2.45, 2.75) is 23.7 Å². The highest BCUT2D eigenvalue weighted by molar-refractivity contribution is 7.89. The molecule has 1 aliphatic carbocycles. The van der Waals surface area contributed by atoms with Crippen molar-refractivity contribution in [3.63, 3.8) is 0 Å². The molecule has 3 aromatic heterocycles. The van der Waals surface area contributed by atoms with Crippen molar-refractivity contribution in [3.8, 4) is 0 Å². The first-order valence-corrected chi connectivity index (χ1v) is 11.9. The minimum absolute atomic E-state index is 0.0355. The Hall–Kier alpha value is -4.11. The van der Waals surface area contributed by atoms with Crippen LogP contribution in [-0.2, 0) is 21.9 Å². The number of pyridine rings is 2. The zero-order valence-corrected chi connectivity index (χ0v) is 19.0. The molecule has 0 saturated heterocycles. The van der Waals surface area contributed by atoms with E-state index < -0.39 is 21.4 Å². The van der Waals surface area contributed by atoms with Gasteiger partial charge in [-0.05, 0) is 54.4 Å². The van der Waals surface area contributed by atoms with E-state index >= 15 is 0 Å². The first-order chi connectivity index (χ1) is 16.3. The average Bonchev–Trinajstić information content (AvgIpc) is 3.25.